The Kier molecular flexibility index (Phi) is 4.74. The predicted octanol–water partition coefficient (Wildman–Crippen LogP) is 3.65. The van der Waals surface area contributed by atoms with Crippen LogP contribution in [-0.4, -0.2) is 16.5 Å². The maximum Gasteiger partial charge on any atom is 0.135 e. The normalized spacial score (nSPS) is 10.1. The summed E-state index contributed by atoms with van der Waals surface area (Å²) in [5, 5.41) is 6.53. The fourth-order valence-corrected chi connectivity index (χ4v) is 2.00. The predicted molar refractivity (Wildman–Crippen MR) is 83.3 cm³/mol. The summed E-state index contributed by atoms with van der Waals surface area (Å²) in [6.07, 6.45) is 2.64. The molecule has 0 saturated carbocycles. The number of hydrogen-bond acceptors (Lipinski definition) is 4. The Balaban J connectivity index is 2.12. The standard InChI is InChI=1S/C13H15IN4/c1-2-7-15-12-8-13(17-9-16-12)18-11-6-4-3-5-10(11)14/h3-6,8-9H,2,7H2,1H3,(H2,15,16,17,18). The van der Waals surface area contributed by atoms with Crippen molar-refractivity contribution in [3.8, 4) is 0 Å². The molecule has 0 spiro atoms. The van der Waals surface area contributed by atoms with E-state index in [-0.39, 0.29) is 0 Å². The van der Waals surface area contributed by atoms with Gasteiger partial charge in [0.1, 0.15) is 18.0 Å². The summed E-state index contributed by atoms with van der Waals surface area (Å²) in [6, 6.07) is 10.0. The molecule has 0 amide bonds. The molecule has 0 aliphatic heterocycles. The third-order valence-corrected chi connectivity index (χ3v) is 3.30. The molecule has 2 rings (SSSR count). The molecule has 1 heterocycles. The topological polar surface area (TPSA) is 49.8 Å². The maximum absolute atomic E-state index is 4.22. The highest BCUT2D eigenvalue weighted by Gasteiger charge is 2.01. The molecule has 0 aliphatic rings. The number of aromatic nitrogens is 2. The van der Waals surface area contributed by atoms with Crippen LogP contribution >= 0.6 is 22.6 Å². The minimum atomic E-state index is 0.799. The molecular formula is C13H15IN4. The van der Waals surface area contributed by atoms with Gasteiger partial charge in [-0.05, 0) is 41.1 Å². The van der Waals surface area contributed by atoms with E-state index in [1.54, 1.807) is 6.33 Å². The van der Waals surface area contributed by atoms with Gasteiger partial charge in [-0.2, -0.15) is 0 Å². The number of nitrogens with zero attached hydrogens (tertiary/aromatic N) is 2. The Hall–Kier alpha value is -1.37. The number of para-hydroxylation sites is 1. The molecule has 4 nitrogen and oxygen atoms in total. The van der Waals surface area contributed by atoms with Crippen molar-refractivity contribution in [2.45, 2.75) is 13.3 Å². The maximum atomic E-state index is 4.22. The summed E-state index contributed by atoms with van der Waals surface area (Å²) in [5.74, 6) is 1.65. The zero-order valence-electron chi connectivity index (χ0n) is 10.2. The largest absolute Gasteiger partial charge is 0.370 e. The van der Waals surface area contributed by atoms with Crippen LogP contribution < -0.4 is 10.6 Å². The molecule has 2 aromatic rings. The molecule has 94 valence electrons. The molecule has 0 aliphatic carbocycles. The van der Waals surface area contributed by atoms with Crippen LogP contribution in [0.2, 0.25) is 0 Å². The lowest BCUT2D eigenvalue weighted by Crippen LogP contribution is -2.03. The number of nitrogens with one attached hydrogen (secondary N) is 2. The van der Waals surface area contributed by atoms with Crippen molar-refractivity contribution < 1.29 is 0 Å². The van der Waals surface area contributed by atoms with Crippen LogP contribution in [0.25, 0.3) is 0 Å². The first-order valence-corrected chi connectivity index (χ1v) is 6.95. The van der Waals surface area contributed by atoms with Crippen molar-refractivity contribution in [3.05, 3.63) is 40.2 Å². The van der Waals surface area contributed by atoms with Gasteiger partial charge in [0.05, 0.1) is 5.69 Å². The summed E-state index contributed by atoms with van der Waals surface area (Å²) in [7, 11) is 0. The molecule has 5 heteroatoms. The van der Waals surface area contributed by atoms with E-state index in [9.17, 15) is 0 Å². The van der Waals surface area contributed by atoms with Gasteiger partial charge in [-0.25, -0.2) is 9.97 Å². The first-order valence-electron chi connectivity index (χ1n) is 5.87. The minimum Gasteiger partial charge on any atom is -0.370 e. The van der Waals surface area contributed by atoms with Gasteiger partial charge in [-0.3, -0.25) is 0 Å². The number of hydrogen-bond donors (Lipinski definition) is 2. The van der Waals surface area contributed by atoms with Gasteiger partial charge in [0.25, 0.3) is 0 Å². The molecule has 1 aromatic carbocycles. The molecule has 0 bridgehead atoms. The zero-order valence-corrected chi connectivity index (χ0v) is 12.3. The molecule has 1 aromatic heterocycles. The molecule has 0 unspecified atom stereocenters. The van der Waals surface area contributed by atoms with Gasteiger partial charge in [-0.1, -0.05) is 19.1 Å². The lowest BCUT2D eigenvalue weighted by Gasteiger charge is -2.09. The summed E-state index contributed by atoms with van der Waals surface area (Å²) in [6.45, 7) is 3.04. The lowest BCUT2D eigenvalue weighted by molar-refractivity contribution is 0.965. The quantitative estimate of drug-likeness (QED) is 0.805. The number of halogens is 1. The Morgan fingerprint density at radius 2 is 1.94 bits per heavy atom. The Labute approximate surface area is 120 Å². The highest BCUT2D eigenvalue weighted by Crippen LogP contribution is 2.21. The molecule has 0 radical (unpaired) electrons. The summed E-state index contributed by atoms with van der Waals surface area (Å²) >= 11 is 2.30. The SMILES string of the molecule is CCCNc1cc(Nc2ccccc2I)ncn1. The number of rotatable bonds is 5. The Morgan fingerprint density at radius 3 is 2.72 bits per heavy atom. The average Bonchev–Trinajstić information content (AvgIpc) is 2.40. The van der Waals surface area contributed by atoms with Crippen LogP contribution in [0.1, 0.15) is 13.3 Å². The van der Waals surface area contributed by atoms with Crippen molar-refractivity contribution >= 4 is 39.9 Å². The van der Waals surface area contributed by atoms with Crippen molar-refractivity contribution in [1.82, 2.24) is 9.97 Å². The fourth-order valence-electron chi connectivity index (χ4n) is 1.48. The minimum absolute atomic E-state index is 0.799. The first kappa shape index (κ1) is 13.1. The zero-order chi connectivity index (χ0) is 12.8. The molecule has 18 heavy (non-hydrogen) atoms. The summed E-state index contributed by atoms with van der Waals surface area (Å²) < 4.78 is 1.16. The van der Waals surface area contributed by atoms with E-state index in [0.717, 1.165) is 33.9 Å². The van der Waals surface area contributed by atoms with Gasteiger partial charge < -0.3 is 10.6 Å². The third kappa shape index (κ3) is 3.56. The van der Waals surface area contributed by atoms with Crippen molar-refractivity contribution in [3.63, 3.8) is 0 Å². The summed E-state index contributed by atoms with van der Waals surface area (Å²) in [5.41, 5.74) is 1.05. The van der Waals surface area contributed by atoms with Crippen LogP contribution in [0, 0.1) is 3.57 Å². The van der Waals surface area contributed by atoms with Crippen LogP contribution in [0.15, 0.2) is 36.7 Å². The van der Waals surface area contributed by atoms with E-state index >= 15 is 0 Å². The molecule has 2 N–H and O–H groups in total. The molecule has 0 saturated heterocycles. The second-order valence-corrected chi connectivity index (χ2v) is 4.98. The van der Waals surface area contributed by atoms with Gasteiger partial charge in [0, 0.05) is 16.2 Å². The van der Waals surface area contributed by atoms with Gasteiger partial charge in [0.15, 0.2) is 0 Å². The van der Waals surface area contributed by atoms with Crippen LogP contribution in [0.5, 0.6) is 0 Å². The number of anilines is 3. The first-order chi connectivity index (χ1) is 8.79. The third-order valence-electron chi connectivity index (χ3n) is 2.36. The van der Waals surface area contributed by atoms with Crippen molar-refractivity contribution in [2.75, 3.05) is 17.2 Å². The molecule has 0 atom stereocenters. The number of benzene rings is 1. The van der Waals surface area contributed by atoms with Gasteiger partial charge in [0.2, 0.25) is 0 Å². The van der Waals surface area contributed by atoms with E-state index in [1.165, 1.54) is 0 Å². The fraction of sp³-hybridized carbons (Fsp3) is 0.231. The highest BCUT2D eigenvalue weighted by atomic mass is 127. The monoisotopic (exact) mass is 354 g/mol. The molecule has 0 fully saturated rings. The smallest absolute Gasteiger partial charge is 0.135 e. The van der Waals surface area contributed by atoms with Crippen LogP contribution in [0.4, 0.5) is 17.3 Å². The Bertz CT molecular complexity index is 516. The Morgan fingerprint density at radius 1 is 1.17 bits per heavy atom. The van der Waals surface area contributed by atoms with E-state index in [4.69, 9.17) is 0 Å². The van der Waals surface area contributed by atoms with Crippen molar-refractivity contribution in [2.24, 2.45) is 0 Å². The van der Waals surface area contributed by atoms with Crippen LogP contribution in [0.3, 0.4) is 0 Å². The highest BCUT2D eigenvalue weighted by molar-refractivity contribution is 14.1. The average molecular weight is 354 g/mol. The van der Waals surface area contributed by atoms with Crippen molar-refractivity contribution in [1.29, 1.82) is 0 Å². The van der Waals surface area contributed by atoms with Gasteiger partial charge in [-0.15, -0.1) is 0 Å². The van der Waals surface area contributed by atoms with E-state index in [2.05, 4.69) is 56.2 Å². The van der Waals surface area contributed by atoms with E-state index in [1.807, 2.05) is 24.3 Å². The second-order valence-electron chi connectivity index (χ2n) is 3.82. The summed E-state index contributed by atoms with van der Waals surface area (Å²) in [4.78, 5) is 8.40. The molecular weight excluding hydrogens is 339 g/mol. The van der Waals surface area contributed by atoms with E-state index in [0.29, 0.717) is 0 Å². The van der Waals surface area contributed by atoms with Gasteiger partial charge >= 0.3 is 0 Å². The second kappa shape index (κ2) is 6.53. The lowest BCUT2D eigenvalue weighted by atomic mass is 10.3. The van der Waals surface area contributed by atoms with Crippen LogP contribution in [-0.2, 0) is 0 Å². The van der Waals surface area contributed by atoms with E-state index < -0.39 is 0 Å².